The third kappa shape index (κ3) is 9.87. The van der Waals surface area contributed by atoms with E-state index in [9.17, 15) is 64.5 Å². The molecule has 4 amide bonds. The summed E-state index contributed by atoms with van der Waals surface area (Å²) in [5, 5.41) is 81.3. The fourth-order valence-corrected chi connectivity index (χ4v) is 6.79. The topological polar surface area (TPSA) is 380 Å². The van der Waals surface area contributed by atoms with Gasteiger partial charge in [0.2, 0.25) is 24.1 Å². The second-order valence-corrected chi connectivity index (χ2v) is 13.6. The SMILES string of the molecule is CC(=O)N[C@@H]1[C@@H](O[C@H]2O[C@H](C(=O)O)[C@H](O[C@H]3O[C@H](C(N)=O)[C@H](O[C@@H]4O[C@@H](C)[C@H](O)[C@@H](O)[C@H]4O)[C@H](OC(C)=O)[C@H]3NC(C)=O)[C@H](O)[C@H]2NC=O)[C@H](O)[C@@H](C)O[C@@H]1O. The molecule has 56 heavy (non-hydrogen) atoms. The number of amides is 4. The first-order chi connectivity index (χ1) is 26.2. The molecule has 0 spiro atoms. The van der Waals surface area contributed by atoms with E-state index in [0.29, 0.717) is 0 Å². The molecule has 4 aliphatic rings. The minimum Gasteiger partial charge on any atom is -0.479 e. The second-order valence-electron chi connectivity index (χ2n) is 13.6. The number of hydrogen-bond acceptors (Lipinski definition) is 20. The van der Waals surface area contributed by atoms with Crippen LogP contribution < -0.4 is 21.7 Å². The normalized spacial score (nSPS) is 44.1. The average molecular weight is 813 g/mol. The van der Waals surface area contributed by atoms with Crippen LogP contribution in [0.25, 0.3) is 0 Å². The van der Waals surface area contributed by atoms with Crippen LogP contribution in [0.5, 0.6) is 0 Å². The highest BCUT2D eigenvalue weighted by Crippen LogP contribution is 2.35. The van der Waals surface area contributed by atoms with Crippen molar-refractivity contribution in [2.75, 3.05) is 0 Å². The number of aliphatic hydroxyl groups excluding tert-OH is 6. The van der Waals surface area contributed by atoms with Crippen LogP contribution in [0.4, 0.5) is 0 Å². The zero-order valence-electron chi connectivity index (χ0n) is 30.5. The maximum Gasteiger partial charge on any atom is 0.335 e. The standard InChI is InChI=1S/C31H48N4O21/c1-7-15(40)18(43)19(44)31(50-7)54-23-21(51-11(5)39)14(35-10(4)38)30(55-24(23)26(32)45)53-22-17(42)12(33-6-36)29(56-25(22)27(46)47)52-20-13(34-9(3)37)28(48)49-8(2)16(20)41/h6-8,12-25,28-31,40-44,48H,1-5H3,(H2,32,45)(H,33,36)(H,34,37)(H,35,38)(H,46,47)/t7-,8+,12+,13+,14+,15-,16+,17+,18+,19+,20+,21+,22+,23+,24-,25-,28-,29-,30-,31-/m0/s1. The van der Waals surface area contributed by atoms with E-state index in [1.54, 1.807) is 0 Å². The lowest BCUT2D eigenvalue weighted by Crippen LogP contribution is -2.72. The molecule has 0 aromatic heterocycles. The van der Waals surface area contributed by atoms with Crippen LogP contribution in [0.15, 0.2) is 0 Å². The number of hydrogen-bond donors (Lipinski definition) is 11. The minimum absolute atomic E-state index is 0.0759. The van der Waals surface area contributed by atoms with Gasteiger partial charge in [0, 0.05) is 20.8 Å². The smallest absolute Gasteiger partial charge is 0.335 e. The molecule has 12 N–H and O–H groups in total. The van der Waals surface area contributed by atoms with Crippen molar-refractivity contribution in [3.8, 4) is 0 Å². The zero-order chi connectivity index (χ0) is 41.9. The number of aliphatic carboxylic acids is 1. The van der Waals surface area contributed by atoms with Crippen LogP contribution in [-0.2, 0) is 66.7 Å². The molecule has 4 rings (SSSR count). The van der Waals surface area contributed by atoms with Crippen LogP contribution in [0.2, 0.25) is 0 Å². The highest BCUT2D eigenvalue weighted by atomic mass is 16.8. The van der Waals surface area contributed by atoms with Gasteiger partial charge in [-0.25, -0.2) is 4.79 Å². The van der Waals surface area contributed by atoms with Gasteiger partial charge in [-0.2, -0.15) is 0 Å². The molecule has 25 heteroatoms. The summed E-state index contributed by atoms with van der Waals surface area (Å²) in [4.78, 5) is 74.2. The molecule has 318 valence electrons. The summed E-state index contributed by atoms with van der Waals surface area (Å²) in [5.41, 5.74) is 5.63. The Morgan fingerprint density at radius 1 is 0.607 bits per heavy atom. The zero-order valence-corrected chi connectivity index (χ0v) is 30.5. The Balaban J connectivity index is 1.70. The lowest BCUT2D eigenvalue weighted by molar-refractivity contribution is -0.356. The maximum atomic E-state index is 12.9. The molecule has 4 aliphatic heterocycles. The van der Waals surface area contributed by atoms with Gasteiger partial charge < -0.3 is 95.3 Å². The van der Waals surface area contributed by atoms with E-state index < -0.39 is 152 Å². The highest BCUT2D eigenvalue weighted by molar-refractivity contribution is 5.80. The van der Waals surface area contributed by atoms with Gasteiger partial charge in [-0.05, 0) is 13.8 Å². The van der Waals surface area contributed by atoms with E-state index >= 15 is 0 Å². The van der Waals surface area contributed by atoms with Gasteiger partial charge in [-0.15, -0.1) is 0 Å². The first-order valence-corrected chi connectivity index (χ1v) is 17.3. The van der Waals surface area contributed by atoms with Gasteiger partial charge in [0.1, 0.15) is 67.0 Å². The van der Waals surface area contributed by atoms with E-state index in [1.165, 1.54) is 13.8 Å². The van der Waals surface area contributed by atoms with Gasteiger partial charge in [0.25, 0.3) is 0 Å². The van der Waals surface area contributed by atoms with Crippen LogP contribution in [0.3, 0.4) is 0 Å². The lowest BCUT2D eigenvalue weighted by atomic mass is 9.93. The Kier molecular flexibility index (Phi) is 15.0. The molecule has 4 heterocycles. The van der Waals surface area contributed by atoms with E-state index in [2.05, 4.69) is 16.0 Å². The number of esters is 1. The second kappa shape index (κ2) is 18.7. The summed E-state index contributed by atoms with van der Waals surface area (Å²) in [6.07, 6.45) is -30.6. The molecule has 0 unspecified atom stereocenters. The number of ether oxygens (including phenoxy) is 8. The number of primary amides is 1. The molecule has 0 bridgehead atoms. The summed E-state index contributed by atoms with van der Waals surface area (Å²) >= 11 is 0. The molecular weight excluding hydrogens is 764 g/mol. The summed E-state index contributed by atoms with van der Waals surface area (Å²) in [7, 11) is 0. The summed E-state index contributed by atoms with van der Waals surface area (Å²) < 4.78 is 45.1. The number of rotatable bonds is 13. The Labute approximate surface area is 317 Å². The Hall–Kier alpha value is -3.70. The average Bonchev–Trinajstić information content (AvgIpc) is 3.10. The quantitative estimate of drug-likeness (QED) is 0.0608. The van der Waals surface area contributed by atoms with Crippen molar-refractivity contribution in [3.63, 3.8) is 0 Å². The lowest BCUT2D eigenvalue weighted by Gasteiger charge is -2.50. The van der Waals surface area contributed by atoms with Crippen LogP contribution in [-0.4, -0.2) is 194 Å². The fraction of sp³-hybridized carbons (Fsp3) is 0.806. The third-order valence-corrected chi connectivity index (χ3v) is 9.47. The van der Waals surface area contributed by atoms with Gasteiger partial charge in [0.05, 0.1) is 12.2 Å². The van der Waals surface area contributed by atoms with E-state index in [-0.39, 0.29) is 6.41 Å². The van der Waals surface area contributed by atoms with Gasteiger partial charge >= 0.3 is 11.9 Å². The minimum atomic E-state index is -2.26. The van der Waals surface area contributed by atoms with Crippen molar-refractivity contribution in [2.24, 2.45) is 5.73 Å². The van der Waals surface area contributed by atoms with Crippen molar-refractivity contribution < 1.29 is 102 Å². The molecule has 0 aliphatic carbocycles. The molecule has 0 saturated carbocycles. The number of carbonyl (C=O) groups is 6. The Morgan fingerprint density at radius 3 is 1.70 bits per heavy atom. The van der Waals surface area contributed by atoms with Crippen molar-refractivity contribution in [1.29, 1.82) is 0 Å². The molecule has 4 saturated heterocycles. The largest absolute Gasteiger partial charge is 0.479 e. The number of carboxylic acids is 1. The monoisotopic (exact) mass is 812 g/mol. The van der Waals surface area contributed by atoms with E-state index in [4.69, 9.17) is 43.6 Å². The summed E-state index contributed by atoms with van der Waals surface area (Å²) in [5.74, 6) is -5.72. The first-order valence-electron chi connectivity index (χ1n) is 17.3. The van der Waals surface area contributed by atoms with Crippen molar-refractivity contribution in [3.05, 3.63) is 0 Å². The third-order valence-electron chi connectivity index (χ3n) is 9.47. The van der Waals surface area contributed by atoms with Crippen LogP contribution in [0, 0.1) is 0 Å². The van der Waals surface area contributed by atoms with Gasteiger partial charge in [0.15, 0.2) is 43.5 Å². The number of carbonyl (C=O) groups excluding carboxylic acids is 5. The van der Waals surface area contributed by atoms with Gasteiger partial charge in [-0.3, -0.25) is 24.0 Å². The molecule has 0 aromatic rings. The fourth-order valence-electron chi connectivity index (χ4n) is 6.79. The van der Waals surface area contributed by atoms with Crippen molar-refractivity contribution >= 4 is 36.1 Å². The predicted octanol–water partition coefficient (Wildman–Crippen LogP) is -7.50. The van der Waals surface area contributed by atoms with E-state index in [0.717, 1.165) is 20.8 Å². The number of nitrogens with two attached hydrogens (primary N) is 1. The molecule has 0 aromatic carbocycles. The van der Waals surface area contributed by atoms with Crippen LogP contribution in [0.1, 0.15) is 34.6 Å². The predicted molar refractivity (Wildman–Crippen MR) is 173 cm³/mol. The highest BCUT2D eigenvalue weighted by Gasteiger charge is 2.58. The van der Waals surface area contributed by atoms with Crippen LogP contribution >= 0.6 is 0 Å². The Morgan fingerprint density at radius 2 is 1.14 bits per heavy atom. The van der Waals surface area contributed by atoms with Crippen molar-refractivity contribution in [2.45, 2.75) is 157 Å². The molecule has 25 nitrogen and oxygen atoms in total. The van der Waals surface area contributed by atoms with Gasteiger partial charge in [-0.1, -0.05) is 0 Å². The molecule has 4 fully saturated rings. The van der Waals surface area contributed by atoms with Crippen molar-refractivity contribution in [1.82, 2.24) is 16.0 Å². The Bertz CT molecular complexity index is 1440. The van der Waals surface area contributed by atoms with E-state index in [1.807, 2.05) is 0 Å². The number of carboxylic acid groups (broad SMARTS) is 1. The summed E-state index contributed by atoms with van der Waals surface area (Å²) in [6, 6.07) is -4.98. The molecular formula is C31H48N4O21. The maximum absolute atomic E-state index is 12.9. The molecule has 0 radical (unpaired) electrons. The molecule has 20 atom stereocenters. The summed E-state index contributed by atoms with van der Waals surface area (Å²) in [6.45, 7) is 5.69. The first kappa shape index (κ1) is 45.0. The number of aliphatic hydroxyl groups is 6. The number of nitrogens with one attached hydrogen (secondary N) is 3.